The van der Waals surface area contributed by atoms with Crippen molar-refractivity contribution in [1.82, 2.24) is 15.1 Å². The lowest BCUT2D eigenvalue weighted by Gasteiger charge is -2.38. The molecule has 0 saturated carbocycles. The zero-order valence-electron chi connectivity index (χ0n) is 14.3. The molecule has 1 rings (SSSR count). The molecule has 0 aromatic rings. The summed E-state index contributed by atoms with van der Waals surface area (Å²) >= 11 is 0. The summed E-state index contributed by atoms with van der Waals surface area (Å²) in [5, 5.41) is 3.15. The molecule has 0 aromatic carbocycles. The van der Waals surface area contributed by atoms with Crippen LogP contribution in [0.3, 0.4) is 0 Å². The van der Waals surface area contributed by atoms with E-state index in [1.165, 1.54) is 6.42 Å². The number of nitrogens with two attached hydrogens (primary N) is 1. The summed E-state index contributed by atoms with van der Waals surface area (Å²) in [5.74, 6) is 0.151. The highest BCUT2D eigenvalue weighted by atomic mass is 16.2. The van der Waals surface area contributed by atoms with Crippen molar-refractivity contribution in [3.05, 3.63) is 0 Å². The fraction of sp³-hybridized carbons (Fsp3) is 0.938. The Morgan fingerprint density at radius 3 is 2.38 bits per heavy atom. The first-order valence-electron chi connectivity index (χ1n) is 8.38. The maximum Gasteiger partial charge on any atom is 0.237 e. The number of carbonyl (C=O) groups excluding carboxylic acids is 1. The average Bonchev–Trinajstić information content (AvgIpc) is 2.47. The zero-order valence-corrected chi connectivity index (χ0v) is 14.3. The predicted octanol–water partition coefficient (Wildman–Crippen LogP) is 1.04. The van der Waals surface area contributed by atoms with Gasteiger partial charge < -0.3 is 16.0 Å². The van der Waals surface area contributed by atoms with E-state index in [2.05, 4.69) is 35.9 Å². The van der Waals surface area contributed by atoms with Gasteiger partial charge in [0.05, 0.1) is 6.04 Å². The van der Waals surface area contributed by atoms with Gasteiger partial charge in [0.15, 0.2) is 0 Å². The summed E-state index contributed by atoms with van der Waals surface area (Å²) in [6.45, 7) is 14.3. The molecule has 0 aliphatic carbocycles. The molecule has 3 N–H and O–H groups in total. The molecular formula is C16H34N4O. The number of hydrogen-bond donors (Lipinski definition) is 2. The lowest BCUT2D eigenvalue weighted by atomic mass is 10.0. The molecule has 1 atom stereocenters. The molecule has 21 heavy (non-hydrogen) atoms. The van der Waals surface area contributed by atoms with E-state index in [4.69, 9.17) is 5.73 Å². The van der Waals surface area contributed by atoms with E-state index in [1.54, 1.807) is 0 Å². The molecule has 1 aliphatic heterocycles. The van der Waals surface area contributed by atoms with Crippen LogP contribution in [0.15, 0.2) is 0 Å². The Morgan fingerprint density at radius 2 is 1.86 bits per heavy atom. The summed E-state index contributed by atoms with van der Waals surface area (Å²) in [4.78, 5) is 17.1. The maximum atomic E-state index is 12.3. The van der Waals surface area contributed by atoms with Gasteiger partial charge in [-0.05, 0) is 53.1 Å². The molecule has 0 aromatic heterocycles. The van der Waals surface area contributed by atoms with E-state index in [0.29, 0.717) is 0 Å². The Hall–Kier alpha value is -0.650. The van der Waals surface area contributed by atoms with Gasteiger partial charge in [0, 0.05) is 31.7 Å². The zero-order chi connectivity index (χ0) is 15.9. The number of rotatable bonds is 8. The number of amides is 1. The summed E-state index contributed by atoms with van der Waals surface area (Å²) in [5.41, 5.74) is 5.41. The molecule has 0 radical (unpaired) electrons. The number of unbranched alkanes of at least 4 members (excludes halogenated alkanes) is 1. The van der Waals surface area contributed by atoms with Crippen molar-refractivity contribution in [2.24, 2.45) is 5.73 Å². The minimum Gasteiger partial charge on any atom is -0.350 e. The molecule has 1 fully saturated rings. The van der Waals surface area contributed by atoms with Gasteiger partial charge >= 0.3 is 0 Å². The fourth-order valence-corrected chi connectivity index (χ4v) is 2.55. The molecule has 1 saturated heterocycles. The number of hydrogen-bond acceptors (Lipinski definition) is 4. The van der Waals surface area contributed by atoms with Crippen LogP contribution in [0.25, 0.3) is 0 Å². The van der Waals surface area contributed by atoms with Crippen molar-refractivity contribution < 1.29 is 4.79 Å². The first kappa shape index (κ1) is 18.4. The van der Waals surface area contributed by atoms with E-state index in [-0.39, 0.29) is 17.5 Å². The summed E-state index contributed by atoms with van der Waals surface area (Å²) in [6.07, 6.45) is 3.22. The van der Waals surface area contributed by atoms with Gasteiger partial charge in [0.2, 0.25) is 5.91 Å². The Bertz CT molecular complexity index is 311. The lowest BCUT2D eigenvalue weighted by Crippen LogP contribution is -2.56. The van der Waals surface area contributed by atoms with Crippen LogP contribution in [-0.2, 0) is 4.79 Å². The normalized spacial score (nSPS) is 19.5. The Kier molecular flexibility index (Phi) is 7.63. The summed E-state index contributed by atoms with van der Waals surface area (Å²) in [6, 6.07) is -0.0398. The molecule has 5 nitrogen and oxygen atoms in total. The van der Waals surface area contributed by atoms with Gasteiger partial charge in [-0.15, -0.1) is 0 Å². The van der Waals surface area contributed by atoms with E-state index < -0.39 is 0 Å². The second-order valence-corrected chi connectivity index (χ2v) is 6.78. The van der Waals surface area contributed by atoms with Crippen molar-refractivity contribution in [2.75, 3.05) is 39.3 Å². The second kappa shape index (κ2) is 8.71. The molecule has 1 unspecified atom stereocenters. The van der Waals surface area contributed by atoms with Gasteiger partial charge in [0.1, 0.15) is 0 Å². The van der Waals surface area contributed by atoms with Crippen molar-refractivity contribution in [3.8, 4) is 0 Å². The summed E-state index contributed by atoms with van der Waals surface area (Å²) < 4.78 is 0. The predicted molar refractivity (Wildman–Crippen MR) is 88.3 cm³/mol. The van der Waals surface area contributed by atoms with Crippen molar-refractivity contribution in [3.63, 3.8) is 0 Å². The summed E-state index contributed by atoms with van der Waals surface area (Å²) in [7, 11) is 0. The first-order valence-corrected chi connectivity index (χ1v) is 8.38. The van der Waals surface area contributed by atoms with E-state index in [9.17, 15) is 4.79 Å². The highest BCUT2D eigenvalue weighted by Crippen LogP contribution is 2.11. The highest BCUT2D eigenvalue weighted by molar-refractivity contribution is 5.82. The van der Waals surface area contributed by atoms with E-state index in [0.717, 1.165) is 52.1 Å². The molecular weight excluding hydrogens is 264 g/mol. The largest absolute Gasteiger partial charge is 0.350 e. The van der Waals surface area contributed by atoms with Crippen molar-refractivity contribution >= 4 is 5.91 Å². The van der Waals surface area contributed by atoms with Crippen molar-refractivity contribution in [2.45, 2.75) is 58.5 Å². The first-order chi connectivity index (χ1) is 9.89. The average molecular weight is 298 g/mol. The number of nitrogens with one attached hydrogen (secondary N) is 1. The number of piperazine rings is 1. The van der Waals surface area contributed by atoms with Crippen LogP contribution < -0.4 is 11.1 Å². The molecule has 1 amide bonds. The highest BCUT2D eigenvalue weighted by Gasteiger charge is 2.28. The molecule has 0 spiro atoms. The van der Waals surface area contributed by atoms with E-state index in [1.807, 2.05) is 6.92 Å². The smallest absolute Gasteiger partial charge is 0.237 e. The van der Waals surface area contributed by atoms with Crippen LogP contribution in [-0.4, -0.2) is 66.6 Å². The standard InChI is InChI=1S/C16H34N4O/c1-5-16(3,4)18-15(21)14(2)20-12-10-19(11-13-20)9-7-6-8-17/h14H,5-13,17H2,1-4H3,(H,18,21). The lowest BCUT2D eigenvalue weighted by molar-refractivity contribution is -0.128. The van der Waals surface area contributed by atoms with E-state index >= 15 is 0 Å². The van der Waals surface area contributed by atoms with Gasteiger partial charge in [-0.2, -0.15) is 0 Å². The Labute approximate surface area is 130 Å². The Morgan fingerprint density at radius 1 is 1.24 bits per heavy atom. The third-order valence-corrected chi connectivity index (χ3v) is 4.61. The number of nitrogens with zero attached hydrogens (tertiary/aromatic N) is 2. The van der Waals surface area contributed by atoms with Crippen molar-refractivity contribution in [1.29, 1.82) is 0 Å². The fourth-order valence-electron chi connectivity index (χ4n) is 2.55. The molecule has 5 heteroatoms. The van der Waals surface area contributed by atoms with Crippen LogP contribution in [0.5, 0.6) is 0 Å². The van der Waals surface area contributed by atoms with Crippen LogP contribution >= 0.6 is 0 Å². The molecule has 1 aliphatic rings. The van der Waals surface area contributed by atoms with Gasteiger partial charge in [-0.3, -0.25) is 9.69 Å². The van der Waals surface area contributed by atoms with Gasteiger partial charge in [-0.1, -0.05) is 6.92 Å². The van der Waals surface area contributed by atoms with Crippen LogP contribution in [0, 0.1) is 0 Å². The minimum absolute atomic E-state index is 0.0398. The molecule has 124 valence electrons. The molecule has 1 heterocycles. The third kappa shape index (κ3) is 6.32. The minimum atomic E-state index is -0.116. The maximum absolute atomic E-state index is 12.3. The number of carbonyl (C=O) groups is 1. The quantitative estimate of drug-likeness (QED) is 0.657. The Balaban J connectivity index is 2.34. The monoisotopic (exact) mass is 298 g/mol. The van der Waals surface area contributed by atoms with Crippen LogP contribution in [0.2, 0.25) is 0 Å². The van der Waals surface area contributed by atoms with Gasteiger partial charge in [0.25, 0.3) is 0 Å². The molecule has 0 bridgehead atoms. The SMILES string of the molecule is CCC(C)(C)NC(=O)C(C)N1CCN(CCCCN)CC1. The topological polar surface area (TPSA) is 61.6 Å². The third-order valence-electron chi connectivity index (χ3n) is 4.61. The van der Waals surface area contributed by atoms with Gasteiger partial charge in [-0.25, -0.2) is 0 Å². The van der Waals surface area contributed by atoms with Crippen LogP contribution in [0.4, 0.5) is 0 Å². The second-order valence-electron chi connectivity index (χ2n) is 6.78. The van der Waals surface area contributed by atoms with Crippen LogP contribution in [0.1, 0.15) is 47.0 Å².